The summed E-state index contributed by atoms with van der Waals surface area (Å²) in [5.74, 6) is 0. The minimum absolute atomic E-state index is 0.778. The number of hydrogen-bond donors (Lipinski definition) is 2. The van der Waals surface area contributed by atoms with E-state index in [-0.39, 0.29) is 0 Å². The predicted molar refractivity (Wildman–Crippen MR) is 43.9 cm³/mol. The van der Waals surface area contributed by atoms with E-state index in [9.17, 15) is 0 Å². The number of rotatable bonds is 2. The maximum absolute atomic E-state index is 3.47. The smallest absolute Gasteiger partial charge is 0.0456 e. The second kappa shape index (κ2) is 4.69. The van der Waals surface area contributed by atoms with E-state index in [1.807, 2.05) is 0 Å². The van der Waals surface area contributed by atoms with Crippen molar-refractivity contribution >= 4 is 0 Å². The van der Waals surface area contributed by atoms with Crippen LogP contribution in [-0.2, 0) is 0 Å². The molecule has 2 nitrogen and oxygen atoms in total. The molecule has 2 heteroatoms. The summed E-state index contributed by atoms with van der Waals surface area (Å²) in [5.41, 5.74) is 0. The monoisotopic (exact) mass is 142 g/mol. The molecule has 0 radical (unpaired) electrons. The zero-order valence-electron chi connectivity index (χ0n) is 6.82. The Morgan fingerprint density at radius 1 is 1.50 bits per heavy atom. The summed E-state index contributed by atoms with van der Waals surface area (Å²) in [4.78, 5) is 0. The molecule has 0 aliphatic carbocycles. The van der Waals surface area contributed by atoms with Gasteiger partial charge in [0.2, 0.25) is 0 Å². The maximum atomic E-state index is 3.47. The van der Waals surface area contributed by atoms with Crippen LogP contribution in [0.1, 0.15) is 32.6 Å². The number of nitrogens with one attached hydrogen (secondary N) is 2. The van der Waals surface area contributed by atoms with Crippen LogP contribution in [0.5, 0.6) is 0 Å². The molecule has 1 atom stereocenters. The summed E-state index contributed by atoms with van der Waals surface area (Å²) in [6.45, 7) is 4.44. The van der Waals surface area contributed by atoms with Gasteiger partial charge in [0, 0.05) is 12.7 Å². The lowest BCUT2D eigenvalue weighted by atomic mass is 10.1. The molecule has 1 heterocycles. The molecular weight excluding hydrogens is 124 g/mol. The van der Waals surface area contributed by atoms with Crippen LogP contribution in [0.2, 0.25) is 0 Å². The van der Waals surface area contributed by atoms with Crippen LogP contribution in [0.25, 0.3) is 0 Å². The SMILES string of the molecule is CCCC1CCCNCN1. The molecule has 1 unspecified atom stereocenters. The van der Waals surface area contributed by atoms with Crippen LogP contribution in [0.15, 0.2) is 0 Å². The lowest BCUT2D eigenvalue weighted by molar-refractivity contribution is 0.469. The minimum Gasteiger partial charge on any atom is -0.304 e. The first-order valence-corrected chi connectivity index (χ1v) is 4.37. The Hall–Kier alpha value is -0.0800. The average molecular weight is 142 g/mol. The molecule has 1 fully saturated rings. The van der Waals surface area contributed by atoms with Gasteiger partial charge >= 0.3 is 0 Å². The third kappa shape index (κ3) is 2.67. The van der Waals surface area contributed by atoms with E-state index < -0.39 is 0 Å². The van der Waals surface area contributed by atoms with Gasteiger partial charge in [-0.15, -0.1) is 0 Å². The highest BCUT2D eigenvalue weighted by atomic mass is 15.1. The fourth-order valence-corrected chi connectivity index (χ4v) is 1.48. The second-order valence-corrected chi connectivity index (χ2v) is 3.01. The van der Waals surface area contributed by atoms with Gasteiger partial charge in [-0.1, -0.05) is 13.3 Å². The molecule has 1 saturated heterocycles. The van der Waals surface area contributed by atoms with E-state index >= 15 is 0 Å². The molecule has 0 bridgehead atoms. The highest BCUT2D eigenvalue weighted by molar-refractivity contribution is 4.69. The lowest BCUT2D eigenvalue weighted by Crippen LogP contribution is -2.33. The van der Waals surface area contributed by atoms with Gasteiger partial charge in [-0.3, -0.25) is 0 Å². The van der Waals surface area contributed by atoms with Gasteiger partial charge in [-0.2, -0.15) is 0 Å². The van der Waals surface area contributed by atoms with Crippen LogP contribution in [0.4, 0.5) is 0 Å². The van der Waals surface area contributed by atoms with Crippen molar-refractivity contribution in [2.24, 2.45) is 0 Å². The van der Waals surface area contributed by atoms with Gasteiger partial charge in [0.15, 0.2) is 0 Å². The molecule has 10 heavy (non-hydrogen) atoms. The zero-order valence-corrected chi connectivity index (χ0v) is 6.82. The molecule has 0 aromatic rings. The van der Waals surface area contributed by atoms with Crippen molar-refractivity contribution in [3.05, 3.63) is 0 Å². The molecule has 0 spiro atoms. The van der Waals surface area contributed by atoms with Crippen LogP contribution in [-0.4, -0.2) is 19.3 Å². The highest BCUT2D eigenvalue weighted by Crippen LogP contribution is 2.05. The molecule has 0 amide bonds. The van der Waals surface area contributed by atoms with E-state index in [1.54, 1.807) is 0 Å². The van der Waals surface area contributed by atoms with Gasteiger partial charge in [-0.25, -0.2) is 0 Å². The summed E-state index contributed by atoms with van der Waals surface area (Å²) < 4.78 is 0. The topological polar surface area (TPSA) is 24.1 Å². The van der Waals surface area contributed by atoms with Gasteiger partial charge in [0.25, 0.3) is 0 Å². The Morgan fingerprint density at radius 3 is 3.20 bits per heavy atom. The molecule has 60 valence electrons. The summed E-state index contributed by atoms with van der Waals surface area (Å²) in [6, 6.07) is 0.778. The molecular formula is C8H18N2. The summed E-state index contributed by atoms with van der Waals surface area (Å²) >= 11 is 0. The molecule has 0 aromatic carbocycles. The summed E-state index contributed by atoms with van der Waals surface area (Å²) in [7, 11) is 0. The zero-order chi connectivity index (χ0) is 7.23. The third-order valence-corrected chi connectivity index (χ3v) is 2.06. The highest BCUT2D eigenvalue weighted by Gasteiger charge is 2.08. The molecule has 0 aromatic heterocycles. The van der Waals surface area contributed by atoms with Crippen molar-refractivity contribution in [1.82, 2.24) is 10.6 Å². The van der Waals surface area contributed by atoms with E-state index in [0.717, 1.165) is 12.7 Å². The van der Waals surface area contributed by atoms with E-state index in [4.69, 9.17) is 0 Å². The quantitative estimate of drug-likeness (QED) is 0.603. The normalized spacial score (nSPS) is 27.9. The van der Waals surface area contributed by atoms with Crippen LogP contribution in [0, 0.1) is 0 Å². The number of hydrogen-bond acceptors (Lipinski definition) is 2. The van der Waals surface area contributed by atoms with Crippen LogP contribution < -0.4 is 10.6 Å². The fourth-order valence-electron chi connectivity index (χ4n) is 1.48. The first-order chi connectivity index (χ1) is 4.93. The largest absolute Gasteiger partial charge is 0.304 e. The third-order valence-electron chi connectivity index (χ3n) is 2.06. The lowest BCUT2D eigenvalue weighted by Gasteiger charge is -2.13. The van der Waals surface area contributed by atoms with Gasteiger partial charge in [-0.05, 0) is 25.8 Å². The Kier molecular flexibility index (Phi) is 3.76. The van der Waals surface area contributed by atoms with E-state index in [1.165, 1.54) is 32.2 Å². The van der Waals surface area contributed by atoms with Crippen molar-refractivity contribution in [3.63, 3.8) is 0 Å². The van der Waals surface area contributed by atoms with Crippen LogP contribution in [0.3, 0.4) is 0 Å². The predicted octanol–water partition coefficient (Wildman–Crippen LogP) is 1.09. The Bertz CT molecular complexity index is 75.3. The van der Waals surface area contributed by atoms with Crippen molar-refractivity contribution < 1.29 is 0 Å². The van der Waals surface area contributed by atoms with Crippen molar-refractivity contribution in [2.45, 2.75) is 38.6 Å². The Morgan fingerprint density at radius 2 is 2.40 bits per heavy atom. The van der Waals surface area contributed by atoms with Gasteiger partial charge in [0.1, 0.15) is 0 Å². The summed E-state index contributed by atoms with van der Waals surface area (Å²) in [6.07, 6.45) is 5.32. The van der Waals surface area contributed by atoms with Crippen molar-refractivity contribution in [1.29, 1.82) is 0 Å². The Balaban J connectivity index is 2.15. The second-order valence-electron chi connectivity index (χ2n) is 3.01. The van der Waals surface area contributed by atoms with Crippen molar-refractivity contribution in [3.8, 4) is 0 Å². The van der Waals surface area contributed by atoms with E-state index in [2.05, 4.69) is 17.6 Å². The van der Waals surface area contributed by atoms with Crippen LogP contribution >= 0.6 is 0 Å². The minimum atomic E-state index is 0.778. The molecule has 1 aliphatic heterocycles. The molecule has 2 N–H and O–H groups in total. The van der Waals surface area contributed by atoms with Gasteiger partial charge in [0.05, 0.1) is 0 Å². The van der Waals surface area contributed by atoms with E-state index in [0.29, 0.717) is 0 Å². The average Bonchev–Trinajstić information content (AvgIpc) is 2.17. The molecule has 1 aliphatic rings. The van der Waals surface area contributed by atoms with Gasteiger partial charge < -0.3 is 10.6 Å². The fraction of sp³-hybridized carbons (Fsp3) is 1.00. The van der Waals surface area contributed by atoms with Crippen molar-refractivity contribution in [2.75, 3.05) is 13.2 Å². The standard InChI is InChI=1S/C8H18N2/c1-2-4-8-5-3-6-9-7-10-8/h8-10H,2-7H2,1H3. The molecule has 0 saturated carbocycles. The molecule has 1 rings (SSSR count). The maximum Gasteiger partial charge on any atom is 0.0456 e. The first kappa shape index (κ1) is 8.02. The summed E-state index contributed by atoms with van der Waals surface area (Å²) in [5, 5.41) is 6.80. The Labute approximate surface area is 63.4 Å². The first-order valence-electron chi connectivity index (χ1n) is 4.37.